The van der Waals surface area contributed by atoms with Crippen molar-refractivity contribution in [2.75, 3.05) is 6.54 Å². The number of nitrogens with one attached hydrogen (secondary N) is 2. The van der Waals surface area contributed by atoms with Gasteiger partial charge in [0, 0.05) is 25.7 Å². The molecule has 28 heavy (non-hydrogen) atoms. The Kier molecular flexibility index (Phi) is 7.18. The van der Waals surface area contributed by atoms with Gasteiger partial charge < -0.3 is 15.2 Å². The second-order valence-electron chi connectivity index (χ2n) is 6.59. The van der Waals surface area contributed by atoms with E-state index in [4.69, 9.17) is 0 Å². The van der Waals surface area contributed by atoms with Crippen LogP contribution >= 0.6 is 24.0 Å². The van der Waals surface area contributed by atoms with E-state index >= 15 is 0 Å². The van der Waals surface area contributed by atoms with Crippen LogP contribution in [0.25, 0.3) is 5.65 Å². The number of aryl methyl sites for hydroxylation is 1. The molecule has 0 bridgehead atoms. The third kappa shape index (κ3) is 4.59. The van der Waals surface area contributed by atoms with Crippen LogP contribution in [0.1, 0.15) is 43.7 Å². The molecule has 150 valence electrons. The van der Waals surface area contributed by atoms with Gasteiger partial charge in [-0.2, -0.15) is 0 Å². The highest BCUT2D eigenvalue weighted by molar-refractivity contribution is 14.0. The van der Waals surface area contributed by atoms with Gasteiger partial charge in [0.05, 0.1) is 6.54 Å². The monoisotopic (exact) mass is 495 g/mol. The molecule has 0 spiro atoms. The minimum absolute atomic E-state index is 0. The number of fused-ring (bicyclic) bond motifs is 2. The van der Waals surface area contributed by atoms with Crippen molar-refractivity contribution in [3.8, 4) is 0 Å². The Morgan fingerprint density at radius 1 is 1.07 bits per heavy atom. The van der Waals surface area contributed by atoms with E-state index in [9.17, 15) is 0 Å². The Bertz CT molecular complexity index is 930. The van der Waals surface area contributed by atoms with Crippen LogP contribution in [0.15, 0.2) is 29.4 Å². The first-order chi connectivity index (χ1) is 13.3. The summed E-state index contributed by atoms with van der Waals surface area (Å²) >= 11 is 0. The average molecular weight is 495 g/mol. The molecule has 1 aliphatic rings. The smallest absolute Gasteiger partial charge is 0.192 e. The van der Waals surface area contributed by atoms with Crippen LogP contribution in [0.3, 0.4) is 0 Å². The van der Waals surface area contributed by atoms with Crippen molar-refractivity contribution in [1.82, 2.24) is 40.0 Å². The molecular formula is C18H26IN9. The standard InChI is InChI=1S/C18H25N9.HI/c1-2-19-18(21-13-17-25-23-15-9-5-7-11-27(15)17)20-12-16-24-22-14-8-4-3-6-10-26(14)16;/h5,7,9,11H,2-4,6,8,10,12-13H2,1H3,(H2,19,20,21);1H. The van der Waals surface area contributed by atoms with Crippen LogP contribution in [0, 0.1) is 0 Å². The number of rotatable bonds is 5. The molecule has 0 saturated heterocycles. The van der Waals surface area contributed by atoms with Gasteiger partial charge >= 0.3 is 0 Å². The van der Waals surface area contributed by atoms with Crippen molar-refractivity contribution < 1.29 is 0 Å². The highest BCUT2D eigenvalue weighted by atomic mass is 127. The summed E-state index contributed by atoms with van der Waals surface area (Å²) in [5.74, 6) is 3.59. The average Bonchev–Trinajstić information content (AvgIpc) is 3.20. The minimum atomic E-state index is 0. The van der Waals surface area contributed by atoms with E-state index in [1.807, 2.05) is 35.7 Å². The molecule has 0 atom stereocenters. The SMILES string of the molecule is CCNC(=NCc1nnc2n1CCCCC2)NCc1nnc2ccccn12.I. The molecule has 0 aliphatic carbocycles. The predicted molar refractivity (Wildman–Crippen MR) is 118 cm³/mol. The molecule has 9 nitrogen and oxygen atoms in total. The third-order valence-electron chi connectivity index (χ3n) is 4.71. The zero-order valence-corrected chi connectivity index (χ0v) is 18.3. The quantitative estimate of drug-likeness (QED) is 0.319. The van der Waals surface area contributed by atoms with Gasteiger partial charge in [-0.15, -0.1) is 44.4 Å². The first kappa shape index (κ1) is 20.5. The van der Waals surface area contributed by atoms with Crippen LogP contribution in [0.4, 0.5) is 0 Å². The fourth-order valence-electron chi connectivity index (χ4n) is 3.33. The van der Waals surface area contributed by atoms with Gasteiger partial charge in [0.2, 0.25) is 0 Å². The molecule has 0 amide bonds. The summed E-state index contributed by atoms with van der Waals surface area (Å²) in [6.45, 7) is 4.86. The summed E-state index contributed by atoms with van der Waals surface area (Å²) in [4.78, 5) is 4.69. The Morgan fingerprint density at radius 2 is 1.96 bits per heavy atom. The second-order valence-corrected chi connectivity index (χ2v) is 6.59. The molecule has 0 unspecified atom stereocenters. The Morgan fingerprint density at radius 3 is 2.86 bits per heavy atom. The number of aliphatic imine (C=N–C) groups is 1. The fraction of sp³-hybridized carbons (Fsp3) is 0.500. The largest absolute Gasteiger partial charge is 0.357 e. The summed E-state index contributed by atoms with van der Waals surface area (Å²) < 4.78 is 4.20. The maximum Gasteiger partial charge on any atom is 0.192 e. The summed E-state index contributed by atoms with van der Waals surface area (Å²) in [6.07, 6.45) is 6.59. The first-order valence-corrected chi connectivity index (χ1v) is 9.57. The molecule has 0 fully saturated rings. The molecule has 0 radical (unpaired) electrons. The molecule has 0 saturated carbocycles. The van der Waals surface area contributed by atoms with Gasteiger partial charge in [-0.25, -0.2) is 4.99 Å². The zero-order chi connectivity index (χ0) is 18.5. The summed E-state index contributed by atoms with van der Waals surface area (Å²) in [7, 11) is 0. The number of guanidine groups is 1. The molecule has 4 rings (SSSR count). The minimum Gasteiger partial charge on any atom is -0.357 e. The van der Waals surface area contributed by atoms with Gasteiger partial charge in [0.1, 0.15) is 12.4 Å². The first-order valence-electron chi connectivity index (χ1n) is 9.57. The van der Waals surface area contributed by atoms with Crippen LogP contribution in [0.5, 0.6) is 0 Å². The number of nitrogens with zero attached hydrogens (tertiary/aromatic N) is 7. The lowest BCUT2D eigenvalue weighted by atomic mass is 10.2. The van der Waals surface area contributed by atoms with Crippen LogP contribution in [-0.4, -0.2) is 41.9 Å². The maximum atomic E-state index is 4.69. The molecule has 10 heteroatoms. The summed E-state index contributed by atoms with van der Waals surface area (Å²) in [5.41, 5.74) is 0.836. The number of hydrogen-bond acceptors (Lipinski definition) is 5. The lowest BCUT2D eigenvalue weighted by Gasteiger charge is -2.11. The van der Waals surface area contributed by atoms with Crippen molar-refractivity contribution in [2.45, 2.75) is 52.2 Å². The number of halogens is 1. The Balaban J connectivity index is 0.00000225. The molecule has 1 aliphatic heterocycles. The van der Waals surface area contributed by atoms with Gasteiger partial charge in [0.15, 0.2) is 23.3 Å². The molecule has 3 aromatic heterocycles. The van der Waals surface area contributed by atoms with E-state index in [0.29, 0.717) is 13.1 Å². The highest BCUT2D eigenvalue weighted by Gasteiger charge is 2.14. The molecule has 0 aromatic carbocycles. The van der Waals surface area contributed by atoms with Crippen molar-refractivity contribution in [1.29, 1.82) is 0 Å². The zero-order valence-electron chi connectivity index (χ0n) is 16.0. The molecule has 4 heterocycles. The van der Waals surface area contributed by atoms with Crippen LogP contribution in [-0.2, 0) is 26.1 Å². The van der Waals surface area contributed by atoms with E-state index < -0.39 is 0 Å². The molecule has 3 aromatic rings. The van der Waals surface area contributed by atoms with E-state index in [1.165, 1.54) is 19.3 Å². The van der Waals surface area contributed by atoms with Crippen LogP contribution < -0.4 is 10.6 Å². The highest BCUT2D eigenvalue weighted by Crippen LogP contribution is 2.14. The predicted octanol–water partition coefficient (Wildman–Crippen LogP) is 1.92. The maximum absolute atomic E-state index is 4.69. The number of hydrogen-bond donors (Lipinski definition) is 2. The van der Waals surface area contributed by atoms with Gasteiger partial charge in [-0.3, -0.25) is 4.40 Å². The second kappa shape index (κ2) is 9.80. The normalized spacial score (nSPS) is 14.2. The molecule has 2 N–H and O–H groups in total. The van der Waals surface area contributed by atoms with Crippen molar-refractivity contribution in [3.05, 3.63) is 41.9 Å². The van der Waals surface area contributed by atoms with Crippen molar-refractivity contribution in [3.63, 3.8) is 0 Å². The summed E-state index contributed by atoms with van der Waals surface area (Å²) in [6, 6.07) is 5.86. The Labute approximate surface area is 181 Å². The van der Waals surface area contributed by atoms with Gasteiger partial charge in [-0.05, 0) is 31.9 Å². The van der Waals surface area contributed by atoms with E-state index in [2.05, 4.69) is 40.6 Å². The lowest BCUT2D eigenvalue weighted by molar-refractivity contribution is 0.605. The van der Waals surface area contributed by atoms with Gasteiger partial charge in [0.25, 0.3) is 0 Å². The summed E-state index contributed by atoms with van der Waals surface area (Å²) in [5, 5.41) is 23.7. The van der Waals surface area contributed by atoms with Crippen LogP contribution in [0.2, 0.25) is 0 Å². The van der Waals surface area contributed by atoms with E-state index in [1.54, 1.807) is 0 Å². The van der Waals surface area contributed by atoms with E-state index in [0.717, 1.165) is 48.6 Å². The van der Waals surface area contributed by atoms with E-state index in [-0.39, 0.29) is 24.0 Å². The van der Waals surface area contributed by atoms with Crippen molar-refractivity contribution in [2.24, 2.45) is 4.99 Å². The number of pyridine rings is 1. The van der Waals surface area contributed by atoms with Crippen molar-refractivity contribution >= 4 is 35.6 Å². The topological polar surface area (TPSA) is 97.3 Å². The lowest BCUT2D eigenvalue weighted by Crippen LogP contribution is -2.37. The fourth-order valence-corrected chi connectivity index (χ4v) is 3.33. The Hall–Kier alpha value is -2.24. The molecular weight excluding hydrogens is 469 g/mol. The number of aromatic nitrogens is 6. The third-order valence-corrected chi connectivity index (χ3v) is 4.71. The van der Waals surface area contributed by atoms with Gasteiger partial charge in [-0.1, -0.05) is 12.5 Å².